The van der Waals surface area contributed by atoms with Crippen molar-refractivity contribution in [3.8, 4) is 5.75 Å². The third-order valence-electron chi connectivity index (χ3n) is 3.09. The van der Waals surface area contributed by atoms with Gasteiger partial charge in [0.2, 0.25) is 0 Å². The summed E-state index contributed by atoms with van der Waals surface area (Å²) < 4.78 is 5.53. The number of carboxylic acids is 1. The van der Waals surface area contributed by atoms with Gasteiger partial charge in [-0.25, -0.2) is 0 Å². The minimum Gasteiger partial charge on any atom is -0.490 e. The molecule has 1 aromatic carbocycles. The van der Waals surface area contributed by atoms with Crippen LogP contribution in [-0.2, 0) is 11.2 Å². The number of hydrogen-bond donors (Lipinski definition) is 3. The van der Waals surface area contributed by atoms with Crippen molar-refractivity contribution >= 4 is 11.7 Å². The molecule has 1 aromatic rings. The van der Waals surface area contributed by atoms with Crippen molar-refractivity contribution in [1.29, 1.82) is 0 Å². The highest BCUT2D eigenvalue weighted by molar-refractivity contribution is 5.66. The molecule has 1 atom stereocenters. The van der Waals surface area contributed by atoms with Gasteiger partial charge in [0.05, 0.1) is 12.1 Å². The van der Waals surface area contributed by atoms with E-state index in [0.29, 0.717) is 13.2 Å². The van der Waals surface area contributed by atoms with Crippen molar-refractivity contribution < 1.29 is 14.6 Å². The summed E-state index contributed by atoms with van der Waals surface area (Å²) >= 11 is 0. The number of carbonyl (C=O) groups is 1. The molecule has 19 heavy (non-hydrogen) atoms. The first-order valence-corrected chi connectivity index (χ1v) is 6.60. The molecule has 2 rings (SSSR count). The predicted molar refractivity (Wildman–Crippen MR) is 73.8 cm³/mol. The Morgan fingerprint density at radius 1 is 1.58 bits per heavy atom. The van der Waals surface area contributed by atoms with Gasteiger partial charge < -0.3 is 20.5 Å². The molecule has 0 saturated carbocycles. The molecule has 1 aliphatic rings. The molecule has 1 aliphatic heterocycles. The second kappa shape index (κ2) is 6.43. The van der Waals surface area contributed by atoms with E-state index in [4.69, 9.17) is 9.84 Å². The number of benzene rings is 1. The lowest BCUT2D eigenvalue weighted by molar-refractivity contribution is -0.136. The molecular formula is C14H20N2O3. The van der Waals surface area contributed by atoms with Crippen molar-refractivity contribution in [3.05, 3.63) is 23.8 Å². The van der Waals surface area contributed by atoms with Crippen molar-refractivity contribution in [3.63, 3.8) is 0 Å². The number of ether oxygens (including phenoxy) is 1. The maximum Gasteiger partial charge on any atom is 0.304 e. The fraction of sp³-hybridized carbons (Fsp3) is 0.500. The first kappa shape index (κ1) is 13.7. The zero-order valence-electron chi connectivity index (χ0n) is 11.1. The van der Waals surface area contributed by atoms with Gasteiger partial charge in [0, 0.05) is 19.1 Å². The Morgan fingerprint density at radius 3 is 3.21 bits per heavy atom. The van der Waals surface area contributed by atoms with Crippen LogP contribution in [0.5, 0.6) is 5.75 Å². The summed E-state index contributed by atoms with van der Waals surface area (Å²) in [7, 11) is 0. The number of rotatable bonds is 6. The largest absolute Gasteiger partial charge is 0.490 e. The number of aliphatic carboxylic acids is 1. The van der Waals surface area contributed by atoms with E-state index in [1.165, 1.54) is 5.56 Å². The van der Waals surface area contributed by atoms with Crippen molar-refractivity contribution in [2.75, 3.05) is 25.0 Å². The Morgan fingerprint density at radius 2 is 2.42 bits per heavy atom. The van der Waals surface area contributed by atoms with E-state index < -0.39 is 5.97 Å². The minimum absolute atomic E-state index is 0.157. The zero-order chi connectivity index (χ0) is 13.7. The molecule has 0 radical (unpaired) electrons. The van der Waals surface area contributed by atoms with Gasteiger partial charge in [-0.1, -0.05) is 6.07 Å². The molecule has 0 amide bonds. The SMILES string of the molecule is CC(Cc1ccc2c(c1)NCCO2)NCCC(=O)O. The zero-order valence-corrected chi connectivity index (χ0v) is 11.1. The fourth-order valence-electron chi connectivity index (χ4n) is 2.17. The number of hydrogen-bond acceptors (Lipinski definition) is 4. The van der Waals surface area contributed by atoms with Crippen LogP contribution in [0, 0.1) is 0 Å². The van der Waals surface area contributed by atoms with E-state index in [2.05, 4.69) is 29.7 Å². The minimum atomic E-state index is -0.769. The summed E-state index contributed by atoms with van der Waals surface area (Å²) in [6.45, 7) is 4.11. The summed E-state index contributed by atoms with van der Waals surface area (Å²) in [4.78, 5) is 10.4. The van der Waals surface area contributed by atoms with Crippen molar-refractivity contribution in [2.24, 2.45) is 0 Å². The summed E-state index contributed by atoms with van der Waals surface area (Å²) in [5.74, 6) is 0.135. The van der Waals surface area contributed by atoms with Crippen LogP contribution < -0.4 is 15.4 Å². The maximum absolute atomic E-state index is 10.4. The molecule has 1 unspecified atom stereocenters. The van der Waals surface area contributed by atoms with Crippen LogP contribution in [-0.4, -0.2) is 36.8 Å². The van der Waals surface area contributed by atoms with E-state index in [0.717, 1.165) is 24.4 Å². The molecule has 0 saturated heterocycles. The Hall–Kier alpha value is -1.75. The molecule has 104 valence electrons. The maximum atomic E-state index is 10.4. The first-order chi connectivity index (χ1) is 9.15. The third kappa shape index (κ3) is 4.13. The van der Waals surface area contributed by atoms with Gasteiger partial charge in [-0.15, -0.1) is 0 Å². The summed E-state index contributed by atoms with van der Waals surface area (Å²) in [5.41, 5.74) is 2.26. The molecule has 3 N–H and O–H groups in total. The molecule has 1 heterocycles. The lowest BCUT2D eigenvalue weighted by atomic mass is 10.1. The van der Waals surface area contributed by atoms with Crippen LogP contribution in [0.4, 0.5) is 5.69 Å². The normalized spacial score (nSPS) is 15.0. The van der Waals surface area contributed by atoms with Gasteiger partial charge in [-0.2, -0.15) is 0 Å². The topological polar surface area (TPSA) is 70.6 Å². The number of nitrogens with one attached hydrogen (secondary N) is 2. The monoisotopic (exact) mass is 264 g/mol. The van der Waals surface area contributed by atoms with E-state index in [1.807, 2.05) is 6.07 Å². The van der Waals surface area contributed by atoms with Gasteiger partial charge in [0.15, 0.2) is 0 Å². The molecule has 0 fully saturated rings. The van der Waals surface area contributed by atoms with Gasteiger partial charge >= 0.3 is 5.97 Å². The molecular weight excluding hydrogens is 244 g/mol. The third-order valence-corrected chi connectivity index (χ3v) is 3.09. The number of anilines is 1. The summed E-state index contributed by atoms with van der Waals surface area (Å²) in [6, 6.07) is 6.40. The number of carboxylic acid groups (broad SMARTS) is 1. The molecule has 5 nitrogen and oxygen atoms in total. The highest BCUT2D eigenvalue weighted by Gasteiger charge is 2.11. The van der Waals surface area contributed by atoms with Crippen molar-refractivity contribution in [2.45, 2.75) is 25.8 Å². The Kier molecular flexibility index (Phi) is 4.63. The molecule has 0 aromatic heterocycles. The van der Waals surface area contributed by atoms with E-state index in [1.54, 1.807) is 0 Å². The second-order valence-electron chi connectivity index (χ2n) is 4.81. The highest BCUT2D eigenvalue weighted by Crippen LogP contribution is 2.28. The van der Waals surface area contributed by atoms with Crippen LogP contribution in [0.3, 0.4) is 0 Å². The van der Waals surface area contributed by atoms with Gasteiger partial charge in [-0.3, -0.25) is 4.79 Å². The average Bonchev–Trinajstić information content (AvgIpc) is 2.38. The Balaban J connectivity index is 1.86. The van der Waals surface area contributed by atoms with Crippen molar-refractivity contribution in [1.82, 2.24) is 5.32 Å². The van der Waals surface area contributed by atoms with Crippen LogP contribution in [0.2, 0.25) is 0 Å². The van der Waals surface area contributed by atoms with E-state index in [-0.39, 0.29) is 12.5 Å². The van der Waals surface area contributed by atoms with E-state index in [9.17, 15) is 4.79 Å². The number of fused-ring (bicyclic) bond motifs is 1. The highest BCUT2D eigenvalue weighted by atomic mass is 16.5. The predicted octanol–water partition coefficient (Wildman–Crippen LogP) is 1.49. The molecule has 0 aliphatic carbocycles. The fourth-order valence-corrected chi connectivity index (χ4v) is 2.17. The van der Waals surface area contributed by atoms with Crippen LogP contribution >= 0.6 is 0 Å². The van der Waals surface area contributed by atoms with Crippen LogP contribution in [0.25, 0.3) is 0 Å². The molecule has 0 spiro atoms. The standard InChI is InChI=1S/C14H20N2O3/c1-10(15-5-4-14(17)18)8-11-2-3-13-12(9-11)16-6-7-19-13/h2-3,9-10,15-16H,4-8H2,1H3,(H,17,18). The lowest BCUT2D eigenvalue weighted by Crippen LogP contribution is -2.30. The second-order valence-corrected chi connectivity index (χ2v) is 4.81. The van der Waals surface area contributed by atoms with Gasteiger partial charge in [-0.05, 0) is 31.0 Å². The average molecular weight is 264 g/mol. The summed E-state index contributed by atoms with van der Waals surface area (Å²) in [6.07, 6.45) is 1.03. The van der Waals surface area contributed by atoms with Crippen LogP contribution in [0.15, 0.2) is 18.2 Å². The van der Waals surface area contributed by atoms with E-state index >= 15 is 0 Å². The Bertz CT molecular complexity index is 448. The quantitative estimate of drug-likeness (QED) is 0.726. The molecule has 5 heteroatoms. The smallest absolute Gasteiger partial charge is 0.304 e. The summed E-state index contributed by atoms with van der Waals surface area (Å²) in [5, 5.41) is 15.1. The lowest BCUT2D eigenvalue weighted by Gasteiger charge is -2.20. The van der Waals surface area contributed by atoms with Crippen LogP contribution in [0.1, 0.15) is 18.9 Å². The Labute approximate surface area is 113 Å². The van der Waals surface area contributed by atoms with Gasteiger partial charge in [0.25, 0.3) is 0 Å². The van der Waals surface area contributed by atoms with Gasteiger partial charge in [0.1, 0.15) is 12.4 Å². The first-order valence-electron chi connectivity index (χ1n) is 6.60. The molecule has 0 bridgehead atoms.